The maximum absolute atomic E-state index is 13.9. The highest BCUT2D eigenvalue weighted by Crippen LogP contribution is 2.41. The van der Waals surface area contributed by atoms with Crippen molar-refractivity contribution in [2.75, 3.05) is 16.8 Å². The second-order valence-electron chi connectivity index (χ2n) is 10.4. The van der Waals surface area contributed by atoms with Gasteiger partial charge in [-0.15, -0.1) is 21.5 Å². The van der Waals surface area contributed by atoms with Crippen molar-refractivity contribution in [2.24, 2.45) is 5.92 Å². The zero-order valence-electron chi connectivity index (χ0n) is 23.1. The molecule has 216 valence electrons. The molecule has 1 atom stereocenters. The van der Waals surface area contributed by atoms with E-state index in [-0.39, 0.29) is 30.0 Å². The summed E-state index contributed by atoms with van der Waals surface area (Å²) < 4.78 is 20.5. The largest absolute Gasteiger partial charge is 0.491 e. The molecule has 3 aromatic heterocycles. The van der Waals surface area contributed by atoms with Crippen LogP contribution in [0.1, 0.15) is 47.6 Å². The fourth-order valence-corrected chi connectivity index (χ4v) is 7.14. The Morgan fingerprint density at radius 1 is 1.14 bits per heavy atom. The van der Waals surface area contributed by atoms with E-state index in [0.717, 1.165) is 33.8 Å². The van der Waals surface area contributed by atoms with Gasteiger partial charge in [-0.05, 0) is 61.9 Å². The van der Waals surface area contributed by atoms with Crippen LogP contribution in [-0.4, -0.2) is 43.9 Å². The number of benzene rings is 2. The number of carboxylic acids is 1. The van der Waals surface area contributed by atoms with Gasteiger partial charge in [-0.25, -0.2) is 19.2 Å². The molecule has 42 heavy (non-hydrogen) atoms. The number of aryl methyl sites for hydroxylation is 2. The molecule has 1 aliphatic heterocycles. The van der Waals surface area contributed by atoms with Crippen LogP contribution in [0.4, 0.5) is 26.3 Å². The van der Waals surface area contributed by atoms with E-state index in [2.05, 4.69) is 44.2 Å². The third kappa shape index (κ3) is 5.77. The molecule has 0 aliphatic carbocycles. The van der Waals surface area contributed by atoms with E-state index in [0.29, 0.717) is 34.5 Å². The summed E-state index contributed by atoms with van der Waals surface area (Å²) in [4.78, 5) is 24.1. The zero-order valence-corrected chi connectivity index (χ0v) is 24.7. The van der Waals surface area contributed by atoms with Gasteiger partial charge in [0, 0.05) is 16.5 Å². The third-order valence-corrected chi connectivity index (χ3v) is 9.22. The van der Waals surface area contributed by atoms with Crippen molar-refractivity contribution in [1.82, 2.24) is 20.2 Å². The van der Waals surface area contributed by atoms with E-state index >= 15 is 0 Å². The van der Waals surface area contributed by atoms with Crippen molar-refractivity contribution < 1.29 is 19.0 Å². The number of ether oxygens (including phenoxy) is 1. The highest BCUT2D eigenvalue weighted by molar-refractivity contribution is 7.22. The molecule has 0 radical (unpaired) electrons. The van der Waals surface area contributed by atoms with Gasteiger partial charge < -0.3 is 15.2 Å². The van der Waals surface area contributed by atoms with Gasteiger partial charge >= 0.3 is 5.97 Å². The molecule has 6 rings (SSSR count). The van der Waals surface area contributed by atoms with Crippen molar-refractivity contribution in [3.8, 4) is 5.75 Å². The monoisotopic (exact) mass is 604 g/mol. The summed E-state index contributed by atoms with van der Waals surface area (Å²) in [6.45, 7) is 4.54. The number of carbonyl (C=O) groups is 1. The van der Waals surface area contributed by atoms with Crippen molar-refractivity contribution >= 4 is 60.8 Å². The Balaban J connectivity index is 1.24. The molecule has 0 spiro atoms. The minimum Gasteiger partial charge on any atom is -0.491 e. The van der Waals surface area contributed by atoms with Gasteiger partial charge in [0.15, 0.2) is 39.2 Å². The van der Waals surface area contributed by atoms with Crippen LogP contribution in [-0.2, 0) is 12.8 Å². The first kappa shape index (κ1) is 28.0. The van der Waals surface area contributed by atoms with E-state index in [1.165, 1.54) is 17.4 Å². The molecule has 2 aromatic carbocycles. The molecule has 0 saturated carbocycles. The van der Waals surface area contributed by atoms with E-state index < -0.39 is 11.8 Å². The summed E-state index contributed by atoms with van der Waals surface area (Å²) in [6.07, 6.45) is 2.64. The Bertz CT molecular complexity index is 1710. The SMILES string of the molecule is CC(C)C1CCc2cc(Nc3nc4ccccc4s3)nnc2N1c1nc(C(=O)O)c(CCCOc2ccccc2F)s1. The van der Waals surface area contributed by atoms with E-state index in [4.69, 9.17) is 4.74 Å². The van der Waals surface area contributed by atoms with Gasteiger partial charge in [-0.2, -0.15) is 0 Å². The lowest BCUT2D eigenvalue weighted by molar-refractivity contribution is 0.0690. The third-order valence-electron chi connectivity index (χ3n) is 7.16. The molecule has 1 unspecified atom stereocenters. The van der Waals surface area contributed by atoms with Crippen LogP contribution < -0.4 is 15.0 Å². The number of thiazole rings is 2. The molecule has 5 aromatic rings. The van der Waals surface area contributed by atoms with Gasteiger partial charge in [0.2, 0.25) is 0 Å². The number of halogens is 1. The molecule has 9 nitrogen and oxygen atoms in total. The van der Waals surface area contributed by atoms with Crippen LogP contribution in [0.15, 0.2) is 54.6 Å². The number of aromatic nitrogens is 4. The van der Waals surface area contributed by atoms with Crippen LogP contribution in [0.25, 0.3) is 10.2 Å². The van der Waals surface area contributed by atoms with Crippen LogP contribution in [0.5, 0.6) is 5.75 Å². The topological polar surface area (TPSA) is 113 Å². The first-order valence-corrected chi connectivity index (χ1v) is 15.4. The van der Waals surface area contributed by atoms with Crippen molar-refractivity contribution in [3.63, 3.8) is 0 Å². The number of fused-ring (bicyclic) bond motifs is 2. The first-order valence-electron chi connectivity index (χ1n) is 13.8. The standard InChI is InChI=1S/C30H29FN6O3S2/c1-17(2)21-14-13-18-16-25(33-29-32-20-9-4-6-11-23(20)41-29)35-36-27(18)37(21)30-34-26(28(38)39)24(42-30)12-7-15-40-22-10-5-3-8-19(22)31/h3-6,8-11,16-17,21H,7,12-15H2,1-2H3,(H,38,39)(H,32,33,35). The maximum Gasteiger partial charge on any atom is 0.355 e. The lowest BCUT2D eigenvalue weighted by atomic mass is 9.91. The van der Waals surface area contributed by atoms with Crippen LogP contribution in [0.3, 0.4) is 0 Å². The second-order valence-corrected chi connectivity index (χ2v) is 12.5. The van der Waals surface area contributed by atoms with Gasteiger partial charge in [0.25, 0.3) is 0 Å². The summed E-state index contributed by atoms with van der Waals surface area (Å²) in [7, 11) is 0. The highest BCUT2D eigenvalue weighted by Gasteiger charge is 2.34. The predicted octanol–water partition coefficient (Wildman–Crippen LogP) is 7.24. The average Bonchev–Trinajstić information content (AvgIpc) is 3.59. The molecule has 1 aliphatic rings. The van der Waals surface area contributed by atoms with Crippen LogP contribution in [0.2, 0.25) is 0 Å². The fraction of sp³-hybridized carbons (Fsp3) is 0.300. The molecule has 0 amide bonds. The maximum atomic E-state index is 13.9. The number of anilines is 4. The summed E-state index contributed by atoms with van der Waals surface area (Å²) in [5.74, 6) is 0.247. The molecular formula is C30H29FN6O3S2. The molecule has 12 heteroatoms. The Kier molecular flexibility index (Phi) is 7.98. The van der Waals surface area contributed by atoms with Crippen molar-refractivity contribution in [1.29, 1.82) is 0 Å². The molecule has 0 fully saturated rings. The predicted molar refractivity (Wildman–Crippen MR) is 163 cm³/mol. The summed E-state index contributed by atoms with van der Waals surface area (Å²) in [6, 6.07) is 16.3. The van der Waals surface area contributed by atoms with Gasteiger partial charge in [0.05, 0.1) is 16.8 Å². The lowest BCUT2D eigenvalue weighted by Gasteiger charge is -2.38. The Morgan fingerprint density at radius 3 is 2.74 bits per heavy atom. The van der Waals surface area contributed by atoms with Crippen molar-refractivity contribution in [3.05, 3.63) is 76.5 Å². The Morgan fingerprint density at radius 2 is 1.95 bits per heavy atom. The number of rotatable bonds is 10. The molecule has 0 saturated heterocycles. The molecule has 2 N–H and O–H groups in total. The average molecular weight is 605 g/mol. The highest BCUT2D eigenvalue weighted by atomic mass is 32.1. The lowest BCUT2D eigenvalue weighted by Crippen LogP contribution is -2.40. The molecule has 4 heterocycles. The second kappa shape index (κ2) is 12.0. The number of nitrogens with one attached hydrogen (secondary N) is 1. The molecular weight excluding hydrogens is 576 g/mol. The van der Waals surface area contributed by atoms with Crippen LogP contribution in [0, 0.1) is 11.7 Å². The summed E-state index contributed by atoms with van der Waals surface area (Å²) >= 11 is 2.90. The first-order chi connectivity index (χ1) is 20.4. The number of nitrogens with zero attached hydrogens (tertiary/aromatic N) is 5. The smallest absolute Gasteiger partial charge is 0.355 e. The zero-order chi connectivity index (χ0) is 29.2. The summed E-state index contributed by atoms with van der Waals surface area (Å²) in [5, 5.41) is 23.6. The van der Waals surface area contributed by atoms with E-state index in [9.17, 15) is 14.3 Å². The minimum absolute atomic E-state index is 0.0256. The number of aromatic carboxylic acids is 1. The minimum atomic E-state index is -1.08. The Labute approximate surface area is 250 Å². The van der Waals surface area contributed by atoms with Gasteiger partial charge in [0.1, 0.15) is 0 Å². The summed E-state index contributed by atoms with van der Waals surface area (Å²) in [5.41, 5.74) is 1.96. The number of para-hydroxylation sites is 2. The number of hydrogen-bond acceptors (Lipinski definition) is 10. The fourth-order valence-electron chi connectivity index (χ4n) is 5.12. The quantitative estimate of drug-likeness (QED) is 0.159. The van der Waals surface area contributed by atoms with Gasteiger partial charge in [-0.1, -0.05) is 49.4 Å². The molecule has 0 bridgehead atoms. The van der Waals surface area contributed by atoms with E-state index in [1.807, 2.05) is 30.3 Å². The number of hydrogen-bond donors (Lipinski definition) is 2. The Hall–Kier alpha value is -4.16. The number of carboxylic acid groups (broad SMARTS) is 1. The van der Waals surface area contributed by atoms with Crippen molar-refractivity contribution in [2.45, 2.75) is 45.6 Å². The normalized spacial score (nSPS) is 14.8. The van der Waals surface area contributed by atoms with Crippen LogP contribution >= 0.6 is 22.7 Å². The van der Waals surface area contributed by atoms with E-state index in [1.54, 1.807) is 29.5 Å². The van der Waals surface area contributed by atoms with Gasteiger partial charge in [-0.3, -0.25) is 4.90 Å².